The van der Waals surface area contributed by atoms with Gasteiger partial charge in [0.15, 0.2) is 0 Å². The molecule has 0 saturated carbocycles. The number of rotatable bonds is 4. The van der Waals surface area contributed by atoms with Crippen LogP contribution in [0.2, 0.25) is 0 Å². The van der Waals surface area contributed by atoms with Gasteiger partial charge in [-0.15, -0.1) is 0 Å². The number of benzene rings is 3. The smallest absolute Gasteiger partial charge is 0.0454 e. The second kappa shape index (κ2) is 7.30. The van der Waals surface area contributed by atoms with Gasteiger partial charge in [-0.05, 0) is 79.1 Å². The van der Waals surface area contributed by atoms with E-state index in [1.165, 1.54) is 22.3 Å². The Morgan fingerprint density at radius 1 is 0.800 bits per heavy atom. The largest absolute Gasteiger partial charge is 0.336 e. The lowest BCUT2D eigenvalue weighted by molar-refractivity contribution is 0.557. The molecule has 0 heterocycles. The number of hydrogen-bond acceptors (Lipinski definition) is 1. The Balaban J connectivity index is 2.07. The highest BCUT2D eigenvalue weighted by Crippen LogP contribution is 2.53. The van der Waals surface area contributed by atoms with Crippen LogP contribution in [-0.4, -0.2) is 5.54 Å². The fourth-order valence-electron chi connectivity index (χ4n) is 5.09. The molecule has 0 saturated heterocycles. The van der Waals surface area contributed by atoms with E-state index < -0.39 is 0 Å². The Bertz CT molecular complexity index is 1150. The van der Waals surface area contributed by atoms with Crippen molar-refractivity contribution in [1.29, 1.82) is 0 Å². The van der Waals surface area contributed by atoms with Crippen molar-refractivity contribution in [2.75, 3.05) is 4.90 Å². The Hall–Kier alpha value is -2.54. The van der Waals surface area contributed by atoms with Gasteiger partial charge in [-0.25, -0.2) is 0 Å². The first-order valence-corrected chi connectivity index (χ1v) is 11.0. The van der Waals surface area contributed by atoms with E-state index in [1.54, 1.807) is 0 Å². The van der Waals surface area contributed by atoms with Crippen LogP contribution >= 0.6 is 0 Å². The van der Waals surface area contributed by atoms with Crippen molar-refractivity contribution in [2.45, 2.75) is 72.2 Å². The molecule has 4 rings (SSSR count). The van der Waals surface area contributed by atoms with Crippen LogP contribution in [-0.2, 0) is 18.2 Å². The maximum atomic E-state index is 8.93. The number of para-hydroxylation sites is 1. The van der Waals surface area contributed by atoms with Crippen molar-refractivity contribution in [2.24, 2.45) is 0 Å². The molecule has 1 aliphatic carbocycles. The summed E-state index contributed by atoms with van der Waals surface area (Å²) in [4.78, 5) is 2.35. The third kappa shape index (κ3) is 3.07. The Morgan fingerprint density at radius 3 is 2.13 bits per heavy atom. The molecule has 3 aromatic rings. The van der Waals surface area contributed by atoms with Gasteiger partial charge in [0.05, 0.1) is 0 Å². The van der Waals surface area contributed by atoms with Crippen molar-refractivity contribution < 1.29 is 2.74 Å². The minimum atomic E-state index is -0.382. The predicted octanol–water partition coefficient (Wildman–Crippen LogP) is 8.05. The van der Waals surface area contributed by atoms with Crippen LogP contribution in [0.5, 0.6) is 0 Å². The summed E-state index contributed by atoms with van der Waals surface area (Å²) in [5.74, 6) is 0. The van der Waals surface area contributed by atoms with Crippen molar-refractivity contribution in [3.8, 4) is 11.1 Å². The molecule has 1 heteroatoms. The molecule has 0 N–H and O–H groups in total. The molecule has 0 spiro atoms. The van der Waals surface area contributed by atoms with Gasteiger partial charge in [0.25, 0.3) is 0 Å². The maximum Gasteiger partial charge on any atom is 0.0454 e. The molecular weight excluding hydrogens is 362 g/mol. The van der Waals surface area contributed by atoms with Gasteiger partial charge in [-0.1, -0.05) is 76.2 Å². The maximum absolute atomic E-state index is 8.93. The van der Waals surface area contributed by atoms with Crippen LogP contribution in [0.3, 0.4) is 0 Å². The number of fused-ring (bicyclic) bond motifs is 3. The summed E-state index contributed by atoms with van der Waals surface area (Å²) >= 11 is 0. The zero-order chi connectivity index (χ0) is 23.4. The number of hydrogen-bond donors (Lipinski definition) is 0. The van der Waals surface area contributed by atoms with E-state index in [0.29, 0.717) is 0 Å². The van der Waals surface area contributed by atoms with Gasteiger partial charge >= 0.3 is 0 Å². The predicted molar refractivity (Wildman–Crippen MR) is 131 cm³/mol. The van der Waals surface area contributed by atoms with Crippen molar-refractivity contribution >= 4 is 11.4 Å². The lowest BCUT2D eigenvalue weighted by Crippen LogP contribution is -2.39. The molecule has 2 atom stereocenters. The summed E-state index contributed by atoms with van der Waals surface area (Å²) in [5.41, 5.74) is 8.98. The molecule has 0 aromatic heterocycles. The molecule has 30 heavy (non-hydrogen) atoms. The molecule has 0 fully saturated rings. The van der Waals surface area contributed by atoms with Crippen molar-refractivity contribution in [3.05, 3.63) is 82.9 Å². The molecule has 1 nitrogen and oxygen atoms in total. The molecule has 3 aromatic carbocycles. The first kappa shape index (κ1) is 18.2. The van der Waals surface area contributed by atoms with Crippen LogP contribution in [0.1, 0.15) is 73.5 Å². The van der Waals surface area contributed by atoms with Gasteiger partial charge in [-0.2, -0.15) is 0 Å². The van der Waals surface area contributed by atoms with Crippen LogP contribution in [0.25, 0.3) is 11.1 Å². The van der Waals surface area contributed by atoms with Gasteiger partial charge < -0.3 is 4.90 Å². The lowest BCUT2D eigenvalue weighted by Gasteiger charge is -2.41. The summed E-state index contributed by atoms with van der Waals surface area (Å²) in [5, 5.41) is 0. The first-order chi connectivity index (χ1) is 15.0. The first-order valence-electron chi connectivity index (χ1n) is 12.1. The van der Waals surface area contributed by atoms with Crippen molar-refractivity contribution in [1.82, 2.24) is 0 Å². The standard InChI is InChI=1S/C29H35N/c1-8-20-14-10-13-17-25(20)30(28(3,4)5)26-19-18-24-27(21(26)9-2)22-15-11-12-16-23(22)29(24,6)7/h10-19H,8-9H2,1-7H3/i8D,9D. The average molecular weight is 400 g/mol. The summed E-state index contributed by atoms with van der Waals surface area (Å²) in [7, 11) is 0. The highest BCUT2D eigenvalue weighted by molar-refractivity contribution is 5.88. The minimum Gasteiger partial charge on any atom is -0.336 e. The van der Waals surface area contributed by atoms with Gasteiger partial charge in [-0.3, -0.25) is 0 Å². The van der Waals surface area contributed by atoms with Gasteiger partial charge in [0, 0.05) is 25.1 Å². The van der Waals surface area contributed by atoms with E-state index in [2.05, 4.69) is 94.1 Å². The van der Waals surface area contributed by atoms with E-state index in [-0.39, 0.29) is 23.7 Å². The van der Waals surface area contributed by atoms with Crippen LogP contribution in [0.15, 0.2) is 60.7 Å². The highest BCUT2D eigenvalue weighted by Gasteiger charge is 2.38. The topological polar surface area (TPSA) is 3.24 Å². The molecule has 1 aliphatic rings. The number of anilines is 2. The summed E-state index contributed by atoms with van der Waals surface area (Å²) in [6.45, 7) is 15.1. The Kier molecular flexibility index (Phi) is 4.44. The average Bonchev–Trinajstić information content (AvgIpc) is 2.94. The molecule has 0 radical (unpaired) electrons. The lowest BCUT2D eigenvalue weighted by atomic mass is 9.81. The normalized spacial score (nSPS) is 17.4. The van der Waals surface area contributed by atoms with E-state index in [0.717, 1.165) is 22.5 Å². The van der Waals surface area contributed by atoms with E-state index in [4.69, 9.17) is 2.74 Å². The van der Waals surface area contributed by atoms with E-state index in [9.17, 15) is 0 Å². The van der Waals surface area contributed by atoms with E-state index >= 15 is 0 Å². The third-order valence-corrected chi connectivity index (χ3v) is 6.45. The number of nitrogens with zero attached hydrogens (tertiary/aromatic N) is 1. The Morgan fingerprint density at radius 2 is 1.47 bits per heavy atom. The van der Waals surface area contributed by atoms with Crippen molar-refractivity contribution in [3.63, 3.8) is 0 Å². The molecule has 156 valence electrons. The number of aryl methyl sites for hydroxylation is 1. The second-order valence-electron chi connectivity index (χ2n) is 9.73. The summed E-state index contributed by atoms with van der Waals surface area (Å²) in [6, 6.07) is 21.4. The SMILES string of the molecule is [2H]C(C)c1ccccc1N(c1ccc2c(c1C([2H])C)-c1ccccc1C2(C)C)C(C)(C)C. The molecule has 0 amide bonds. The summed E-state index contributed by atoms with van der Waals surface area (Å²) < 4.78 is 17.4. The summed E-state index contributed by atoms with van der Waals surface area (Å²) in [6.07, 6.45) is -0.714. The van der Waals surface area contributed by atoms with Crippen LogP contribution < -0.4 is 4.90 Å². The van der Waals surface area contributed by atoms with E-state index in [1.807, 2.05) is 19.9 Å². The second-order valence-corrected chi connectivity index (χ2v) is 9.73. The third-order valence-electron chi connectivity index (χ3n) is 6.45. The van der Waals surface area contributed by atoms with Gasteiger partial charge in [0.1, 0.15) is 0 Å². The zero-order valence-electron chi connectivity index (χ0n) is 21.4. The monoisotopic (exact) mass is 399 g/mol. The van der Waals surface area contributed by atoms with Gasteiger partial charge in [0.2, 0.25) is 0 Å². The highest BCUT2D eigenvalue weighted by atomic mass is 15.2. The molecule has 0 bridgehead atoms. The zero-order valence-corrected chi connectivity index (χ0v) is 19.4. The Labute approximate surface area is 185 Å². The molecule has 2 unspecified atom stereocenters. The fourth-order valence-corrected chi connectivity index (χ4v) is 5.09. The fraction of sp³-hybridized carbons (Fsp3) is 0.379. The molecular formula is C29H35N. The van der Waals surface area contributed by atoms with Crippen LogP contribution in [0.4, 0.5) is 11.4 Å². The quantitative estimate of drug-likeness (QED) is 0.429. The molecule has 0 aliphatic heterocycles. The van der Waals surface area contributed by atoms with Crippen LogP contribution in [0, 0.1) is 0 Å². The minimum absolute atomic E-state index is 0.0890.